The summed E-state index contributed by atoms with van der Waals surface area (Å²) < 4.78 is 37.1. The highest BCUT2D eigenvalue weighted by molar-refractivity contribution is 7.90. The number of carbonyl (C=O) groups is 1. The minimum atomic E-state index is -3.77. The molecule has 0 unspecified atom stereocenters. The quantitative estimate of drug-likeness (QED) is 0.714. The van der Waals surface area contributed by atoms with Crippen molar-refractivity contribution in [3.05, 3.63) is 23.8 Å². The second-order valence-electron chi connectivity index (χ2n) is 6.62. The average Bonchev–Trinajstić information content (AvgIpc) is 2.73. The van der Waals surface area contributed by atoms with Crippen LogP contribution in [0.4, 0.5) is 0 Å². The van der Waals surface area contributed by atoms with Crippen molar-refractivity contribution >= 4 is 28.5 Å². The van der Waals surface area contributed by atoms with E-state index in [0.29, 0.717) is 5.46 Å². The standard InChI is InChI=1S/C14H18BNO5S/c1-13(2)14(3,4)21-15(20-13)9-6-7-10-11(8-9)22(18,19)16(5)12(10)17/h6-8H,1-5H3. The Kier molecular flexibility index (Phi) is 3.06. The lowest BCUT2D eigenvalue weighted by atomic mass is 9.79. The highest BCUT2D eigenvalue weighted by Gasteiger charge is 2.52. The summed E-state index contributed by atoms with van der Waals surface area (Å²) in [6, 6.07) is 4.65. The van der Waals surface area contributed by atoms with Crippen molar-refractivity contribution in [2.24, 2.45) is 0 Å². The molecule has 0 N–H and O–H groups in total. The maximum Gasteiger partial charge on any atom is 0.494 e. The second kappa shape index (κ2) is 4.34. The molecule has 0 atom stereocenters. The van der Waals surface area contributed by atoms with Crippen LogP contribution in [0.15, 0.2) is 23.1 Å². The monoisotopic (exact) mass is 323 g/mol. The molecule has 0 aliphatic carbocycles. The number of hydrogen-bond acceptors (Lipinski definition) is 5. The molecule has 2 aliphatic heterocycles. The third-order valence-corrected chi connectivity index (χ3v) is 6.47. The maximum absolute atomic E-state index is 12.2. The Morgan fingerprint density at radius 3 is 2.18 bits per heavy atom. The van der Waals surface area contributed by atoms with Gasteiger partial charge in [0.05, 0.1) is 16.8 Å². The first-order valence-electron chi connectivity index (χ1n) is 7.00. The molecule has 0 radical (unpaired) electrons. The van der Waals surface area contributed by atoms with E-state index in [2.05, 4.69) is 0 Å². The molecule has 1 saturated heterocycles. The van der Waals surface area contributed by atoms with Gasteiger partial charge in [-0.2, -0.15) is 0 Å². The fraction of sp³-hybridized carbons (Fsp3) is 0.500. The zero-order chi connectivity index (χ0) is 16.5. The van der Waals surface area contributed by atoms with Crippen molar-refractivity contribution in [3.63, 3.8) is 0 Å². The number of hydrogen-bond donors (Lipinski definition) is 0. The summed E-state index contributed by atoms with van der Waals surface area (Å²) in [5, 5.41) is 0. The molecule has 1 aromatic rings. The van der Waals surface area contributed by atoms with E-state index < -0.39 is 34.3 Å². The van der Waals surface area contributed by atoms with Crippen LogP contribution >= 0.6 is 0 Å². The zero-order valence-electron chi connectivity index (χ0n) is 13.2. The number of rotatable bonds is 1. The number of fused-ring (bicyclic) bond motifs is 1. The van der Waals surface area contributed by atoms with Gasteiger partial charge in [-0.15, -0.1) is 0 Å². The summed E-state index contributed by atoms with van der Waals surface area (Å²) >= 11 is 0. The smallest absolute Gasteiger partial charge is 0.399 e. The Morgan fingerprint density at radius 1 is 1.09 bits per heavy atom. The van der Waals surface area contributed by atoms with Crippen LogP contribution in [-0.2, 0) is 19.3 Å². The molecule has 0 aromatic heterocycles. The fourth-order valence-electron chi connectivity index (χ4n) is 2.48. The van der Waals surface area contributed by atoms with E-state index in [1.807, 2.05) is 27.7 Å². The lowest BCUT2D eigenvalue weighted by Crippen LogP contribution is -2.41. The third-order valence-electron chi connectivity index (χ3n) is 4.69. The van der Waals surface area contributed by atoms with E-state index >= 15 is 0 Å². The summed E-state index contributed by atoms with van der Waals surface area (Å²) in [6.45, 7) is 7.70. The van der Waals surface area contributed by atoms with Gasteiger partial charge >= 0.3 is 7.12 Å². The highest BCUT2D eigenvalue weighted by Crippen LogP contribution is 2.37. The highest BCUT2D eigenvalue weighted by atomic mass is 32.2. The summed E-state index contributed by atoms with van der Waals surface area (Å²) in [6.07, 6.45) is 0. The van der Waals surface area contributed by atoms with Crippen molar-refractivity contribution in [2.45, 2.75) is 43.8 Å². The summed E-state index contributed by atoms with van der Waals surface area (Å²) in [5.41, 5.74) is -0.253. The minimum absolute atomic E-state index is 0.00668. The number of nitrogens with zero attached hydrogens (tertiary/aromatic N) is 1. The Hall–Kier alpha value is -1.38. The van der Waals surface area contributed by atoms with Gasteiger partial charge in [-0.25, -0.2) is 12.7 Å². The lowest BCUT2D eigenvalue weighted by Gasteiger charge is -2.32. The molecular weight excluding hydrogens is 305 g/mol. The molecule has 3 rings (SSSR count). The summed E-state index contributed by atoms with van der Waals surface area (Å²) in [4.78, 5) is 11.9. The molecule has 1 fully saturated rings. The van der Waals surface area contributed by atoms with Gasteiger partial charge in [-0.1, -0.05) is 6.07 Å². The number of amides is 1. The van der Waals surface area contributed by atoms with Gasteiger partial charge in [0.15, 0.2) is 0 Å². The van der Waals surface area contributed by atoms with Crippen LogP contribution in [0.25, 0.3) is 0 Å². The average molecular weight is 323 g/mol. The fourth-order valence-corrected chi connectivity index (χ4v) is 3.81. The van der Waals surface area contributed by atoms with Crippen LogP contribution in [0.1, 0.15) is 38.1 Å². The van der Waals surface area contributed by atoms with Gasteiger partial charge in [0.1, 0.15) is 4.90 Å². The van der Waals surface area contributed by atoms with Crippen LogP contribution in [-0.4, -0.2) is 44.0 Å². The normalized spacial score (nSPS) is 24.7. The van der Waals surface area contributed by atoms with Crippen molar-refractivity contribution in [3.8, 4) is 0 Å². The van der Waals surface area contributed by atoms with Gasteiger partial charge in [0.2, 0.25) is 0 Å². The van der Waals surface area contributed by atoms with E-state index in [1.54, 1.807) is 6.07 Å². The second-order valence-corrected chi connectivity index (χ2v) is 8.56. The Bertz CT molecular complexity index is 755. The first-order chi connectivity index (χ1) is 9.97. The van der Waals surface area contributed by atoms with E-state index in [1.165, 1.54) is 19.2 Å². The number of sulfonamides is 1. The zero-order valence-corrected chi connectivity index (χ0v) is 14.0. The van der Waals surface area contributed by atoms with Gasteiger partial charge in [-0.05, 0) is 45.3 Å². The molecule has 0 spiro atoms. The van der Waals surface area contributed by atoms with Gasteiger partial charge in [-0.3, -0.25) is 4.79 Å². The molecule has 0 bridgehead atoms. The van der Waals surface area contributed by atoms with Crippen molar-refractivity contribution in [1.29, 1.82) is 0 Å². The molecular formula is C14H18BNO5S. The van der Waals surface area contributed by atoms with E-state index in [-0.39, 0.29) is 10.5 Å². The SMILES string of the molecule is CN1C(=O)c2ccc(B3OC(C)(C)C(C)(C)O3)cc2S1(=O)=O. The molecule has 22 heavy (non-hydrogen) atoms. The molecule has 118 valence electrons. The topological polar surface area (TPSA) is 72.9 Å². The van der Waals surface area contributed by atoms with Crippen LogP contribution in [0.3, 0.4) is 0 Å². The molecule has 2 heterocycles. The van der Waals surface area contributed by atoms with Gasteiger partial charge < -0.3 is 9.31 Å². The van der Waals surface area contributed by atoms with Gasteiger partial charge in [0.25, 0.3) is 15.9 Å². The Labute approximate surface area is 130 Å². The molecule has 1 aromatic carbocycles. The summed E-state index contributed by atoms with van der Waals surface area (Å²) in [5.74, 6) is -0.518. The number of benzene rings is 1. The minimum Gasteiger partial charge on any atom is -0.399 e. The predicted octanol–water partition coefficient (Wildman–Crippen LogP) is 0.760. The maximum atomic E-state index is 12.2. The van der Waals surface area contributed by atoms with Crippen molar-refractivity contribution < 1.29 is 22.5 Å². The van der Waals surface area contributed by atoms with Crippen molar-refractivity contribution in [2.75, 3.05) is 7.05 Å². The molecule has 0 saturated carbocycles. The lowest BCUT2D eigenvalue weighted by molar-refractivity contribution is 0.00578. The predicted molar refractivity (Wildman–Crippen MR) is 81.4 cm³/mol. The van der Waals surface area contributed by atoms with Crippen molar-refractivity contribution in [1.82, 2.24) is 4.31 Å². The molecule has 8 heteroatoms. The van der Waals surface area contributed by atoms with E-state index in [4.69, 9.17) is 9.31 Å². The first kappa shape index (κ1) is 15.5. The molecule has 2 aliphatic rings. The van der Waals surface area contributed by atoms with Gasteiger partial charge in [0, 0.05) is 7.05 Å². The molecule has 1 amide bonds. The summed E-state index contributed by atoms with van der Waals surface area (Å²) in [7, 11) is -3.17. The first-order valence-corrected chi connectivity index (χ1v) is 8.44. The Morgan fingerprint density at radius 2 is 1.64 bits per heavy atom. The van der Waals surface area contributed by atoms with Crippen LogP contribution in [0, 0.1) is 0 Å². The third kappa shape index (κ3) is 1.94. The van der Waals surface area contributed by atoms with Crippen LogP contribution in [0.5, 0.6) is 0 Å². The van der Waals surface area contributed by atoms with E-state index in [9.17, 15) is 13.2 Å². The van der Waals surface area contributed by atoms with Crippen LogP contribution in [0.2, 0.25) is 0 Å². The largest absolute Gasteiger partial charge is 0.494 e. The Balaban J connectivity index is 2.04. The molecule has 6 nitrogen and oxygen atoms in total. The van der Waals surface area contributed by atoms with Crippen LogP contribution < -0.4 is 5.46 Å². The van der Waals surface area contributed by atoms with E-state index in [0.717, 1.165) is 4.31 Å². The number of carbonyl (C=O) groups excluding carboxylic acids is 1.